The number of rotatable bonds is 9. The summed E-state index contributed by atoms with van der Waals surface area (Å²) in [4.78, 5) is 13.4. The first kappa shape index (κ1) is 19.1. The summed E-state index contributed by atoms with van der Waals surface area (Å²) in [5, 5.41) is 5.12. The van der Waals surface area contributed by atoms with Gasteiger partial charge in [0.05, 0.1) is 12.7 Å². The van der Waals surface area contributed by atoms with Gasteiger partial charge in [-0.2, -0.15) is 0 Å². The Morgan fingerprint density at radius 2 is 1.96 bits per heavy atom. The molecule has 3 nitrogen and oxygen atoms in total. The van der Waals surface area contributed by atoms with Crippen LogP contribution >= 0.6 is 11.3 Å². The minimum atomic E-state index is 0.130. The second kappa shape index (κ2) is 10.5. The van der Waals surface area contributed by atoms with E-state index in [1.165, 1.54) is 42.5 Å². The number of aryl methyl sites for hydroxylation is 1. The van der Waals surface area contributed by atoms with Crippen LogP contribution in [-0.2, 0) is 29.1 Å². The molecule has 0 bridgehead atoms. The van der Waals surface area contributed by atoms with Crippen LogP contribution in [0.2, 0.25) is 0 Å². The number of ether oxygens (including phenoxy) is 1. The van der Waals surface area contributed by atoms with Gasteiger partial charge < -0.3 is 10.1 Å². The predicted molar refractivity (Wildman–Crippen MR) is 107 cm³/mol. The van der Waals surface area contributed by atoms with Gasteiger partial charge in [-0.25, -0.2) is 0 Å². The molecule has 3 rings (SSSR count). The van der Waals surface area contributed by atoms with E-state index in [2.05, 4.69) is 47.1 Å². The van der Waals surface area contributed by atoms with Crippen LogP contribution in [0, 0.1) is 0 Å². The Morgan fingerprint density at radius 1 is 1.12 bits per heavy atom. The number of amides is 1. The lowest BCUT2D eigenvalue weighted by molar-refractivity contribution is -0.121. The Bertz CT molecular complexity index is 663. The second-order valence-electron chi connectivity index (χ2n) is 7.10. The van der Waals surface area contributed by atoms with Crippen molar-refractivity contribution in [3.8, 4) is 0 Å². The lowest BCUT2D eigenvalue weighted by Crippen LogP contribution is -2.22. The van der Waals surface area contributed by atoms with E-state index in [-0.39, 0.29) is 5.91 Å². The van der Waals surface area contributed by atoms with Crippen LogP contribution in [-0.4, -0.2) is 12.0 Å². The fraction of sp³-hybridized carbons (Fsp3) is 0.500. The highest BCUT2D eigenvalue weighted by atomic mass is 32.1. The summed E-state index contributed by atoms with van der Waals surface area (Å²) in [6.45, 7) is 1.27. The first-order valence-electron chi connectivity index (χ1n) is 9.78. The Balaban J connectivity index is 1.36. The van der Waals surface area contributed by atoms with E-state index in [9.17, 15) is 4.79 Å². The maximum Gasteiger partial charge on any atom is 0.220 e. The third kappa shape index (κ3) is 6.58. The number of hydrogen-bond donors (Lipinski definition) is 1. The summed E-state index contributed by atoms with van der Waals surface area (Å²) in [7, 11) is 0. The summed E-state index contributed by atoms with van der Waals surface area (Å²) in [5.74, 6) is 0.130. The number of carbonyl (C=O) groups excluding carboxylic acids is 1. The quantitative estimate of drug-likeness (QED) is 0.655. The first-order valence-corrected chi connectivity index (χ1v) is 10.7. The zero-order chi connectivity index (χ0) is 18.0. The molecule has 1 aliphatic rings. The van der Waals surface area contributed by atoms with Gasteiger partial charge in [-0.3, -0.25) is 4.79 Å². The average Bonchev–Trinajstić information content (AvgIpc) is 3.19. The smallest absolute Gasteiger partial charge is 0.220 e. The number of carbonyl (C=O) groups is 1. The summed E-state index contributed by atoms with van der Waals surface area (Å²) >= 11 is 1.76. The zero-order valence-corrected chi connectivity index (χ0v) is 16.2. The molecule has 26 heavy (non-hydrogen) atoms. The van der Waals surface area contributed by atoms with Crippen LogP contribution in [0.5, 0.6) is 0 Å². The molecule has 0 saturated heterocycles. The van der Waals surface area contributed by atoms with E-state index < -0.39 is 0 Å². The molecule has 1 aromatic heterocycles. The van der Waals surface area contributed by atoms with E-state index >= 15 is 0 Å². The highest BCUT2D eigenvalue weighted by Gasteiger charge is 2.13. The van der Waals surface area contributed by atoms with Gasteiger partial charge in [-0.15, -0.1) is 11.3 Å². The van der Waals surface area contributed by atoms with Crippen LogP contribution in [0.1, 0.15) is 60.9 Å². The van der Waals surface area contributed by atoms with E-state index in [0.717, 1.165) is 18.4 Å². The Labute approximate surface area is 160 Å². The van der Waals surface area contributed by atoms with Crippen molar-refractivity contribution in [1.29, 1.82) is 0 Å². The highest BCUT2D eigenvalue weighted by Crippen LogP contribution is 2.21. The molecule has 1 fully saturated rings. The monoisotopic (exact) mass is 371 g/mol. The van der Waals surface area contributed by atoms with Gasteiger partial charge in [0.25, 0.3) is 0 Å². The molecular formula is C22H29NO2S. The molecule has 0 aliphatic heterocycles. The van der Waals surface area contributed by atoms with Crippen molar-refractivity contribution in [2.75, 3.05) is 0 Å². The van der Waals surface area contributed by atoms with Gasteiger partial charge >= 0.3 is 0 Å². The fourth-order valence-electron chi connectivity index (χ4n) is 3.44. The van der Waals surface area contributed by atoms with Crippen LogP contribution in [0.15, 0.2) is 41.8 Å². The molecule has 0 radical (unpaired) electrons. The third-order valence-electron chi connectivity index (χ3n) is 4.93. The zero-order valence-electron chi connectivity index (χ0n) is 15.4. The van der Waals surface area contributed by atoms with Crippen molar-refractivity contribution in [1.82, 2.24) is 5.32 Å². The molecule has 2 aromatic rings. The lowest BCUT2D eigenvalue weighted by atomic mass is 9.98. The molecule has 0 spiro atoms. The number of nitrogens with one attached hydrogen (secondary N) is 1. The van der Waals surface area contributed by atoms with Crippen molar-refractivity contribution >= 4 is 17.2 Å². The minimum Gasteiger partial charge on any atom is -0.374 e. The molecule has 0 unspecified atom stereocenters. The van der Waals surface area contributed by atoms with E-state index in [4.69, 9.17) is 4.74 Å². The van der Waals surface area contributed by atoms with Crippen LogP contribution in [0.3, 0.4) is 0 Å². The molecule has 1 aliphatic carbocycles. The molecule has 1 heterocycles. The SMILES string of the molecule is O=C(CCCc1cccs1)NCc1cccc(COC2CCCCC2)c1. The molecule has 1 amide bonds. The van der Waals surface area contributed by atoms with Crippen LogP contribution in [0.4, 0.5) is 0 Å². The van der Waals surface area contributed by atoms with E-state index in [0.29, 0.717) is 25.7 Å². The molecule has 4 heteroatoms. The molecule has 1 saturated carbocycles. The minimum absolute atomic E-state index is 0.130. The molecule has 1 aromatic carbocycles. The lowest BCUT2D eigenvalue weighted by Gasteiger charge is -2.22. The summed E-state index contributed by atoms with van der Waals surface area (Å²) in [5.41, 5.74) is 2.33. The van der Waals surface area contributed by atoms with Crippen molar-refractivity contribution in [3.05, 3.63) is 57.8 Å². The molecule has 140 valence electrons. The Morgan fingerprint density at radius 3 is 2.77 bits per heavy atom. The summed E-state index contributed by atoms with van der Waals surface area (Å²) in [6, 6.07) is 12.6. The third-order valence-corrected chi connectivity index (χ3v) is 5.86. The average molecular weight is 372 g/mol. The van der Waals surface area contributed by atoms with E-state index in [1.54, 1.807) is 11.3 Å². The maximum atomic E-state index is 12.0. The highest BCUT2D eigenvalue weighted by molar-refractivity contribution is 7.09. The number of hydrogen-bond acceptors (Lipinski definition) is 3. The topological polar surface area (TPSA) is 38.3 Å². The van der Waals surface area contributed by atoms with Gasteiger partial charge in [-0.1, -0.05) is 49.6 Å². The number of thiophene rings is 1. The normalized spacial score (nSPS) is 15.1. The van der Waals surface area contributed by atoms with Crippen molar-refractivity contribution in [2.24, 2.45) is 0 Å². The van der Waals surface area contributed by atoms with Gasteiger partial charge in [0.2, 0.25) is 5.91 Å². The van der Waals surface area contributed by atoms with Gasteiger partial charge in [0, 0.05) is 17.8 Å². The standard InChI is InChI=1S/C22H29NO2S/c24-22(13-5-11-21-12-6-14-26-21)23-16-18-7-4-8-19(15-18)17-25-20-9-2-1-3-10-20/h4,6-8,12,14-15,20H,1-3,5,9-11,13,16-17H2,(H,23,24). The Kier molecular flexibility index (Phi) is 7.71. The summed E-state index contributed by atoms with van der Waals surface area (Å²) < 4.78 is 6.05. The van der Waals surface area contributed by atoms with Gasteiger partial charge in [0.15, 0.2) is 0 Å². The van der Waals surface area contributed by atoms with Crippen molar-refractivity contribution < 1.29 is 9.53 Å². The number of benzene rings is 1. The maximum absolute atomic E-state index is 12.0. The van der Waals surface area contributed by atoms with Crippen molar-refractivity contribution in [3.63, 3.8) is 0 Å². The largest absolute Gasteiger partial charge is 0.374 e. The van der Waals surface area contributed by atoms with Crippen molar-refractivity contribution in [2.45, 2.75) is 70.6 Å². The molecule has 1 N–H and O–H groups in total. The predicted octanol–water partition coefficient (Wildman–Crippen LogP) is 5.24. The van der Waals surface area contributed by atoms with Gasteiger partial charge in [-0.05, 0) is 48.3 Å². The van der Waals surface area contributed by atoms with Crippen LogP contribution < -0.4 is 5.32 Å². The fourth-order valence-corrected chi connectivity index (χ4v) is 4.19. The molecular weight excluding hydrogens is 342 g/mol. The van der Waals surface area contributed by atoms with Crippen LogP contribution in [0.25, 0.3) is 0 Å². The van der Waals surface area contributed by atoms with Gasteiger partial charge in [0.1, 0.15) is 0 Å². The molecule has 0 atom stereocenters. The second-order valence-corrected chi connectivity index (χ2v) is 8.13. The Hall–Kier alpha value is -1.65. The summed E-state index contributed by atoms with van der Waals surface area (Å²) in [6.07, 6.45) is 9.23. The first-order chi connectivity index (χ1) is 12.8. The van der Waals surface area contributed by atoms with E-state index in [1.807, 2.05) is 0 Å².